The number of esters is 1. The van der Waals surface area contributed by atoms with Gasteiger partial charge in [-0.25, -0.2) is 9.18 Å². The second kappa shape index (κ2) is 10.3. The third-order valence-electron chi connectivity index (χ3n) is 5.52. The van der Waals surface area contributed by atoms with Crippen LogP contribution < -0.4 is 14.8 Å². The Bertz CT molecular complexity index is 1170. The zero-order chi connectivity index (χ0) is 25.0. The van der Waals surface area contributed by atoms with Gasteiger partial charge >= 0.3 is 5.97 Å². The first kappa shape index (κ1) is 24.7. The van der Waals surface area contributed by atoms with E-state index in [4.69, 9.17) is 14.2 Å². The molecule has 2 aromatic carbocycles. The van der Waals surface area contributed by atoms with Gasteiger partial charge in [-0.15, -0.1) is 0 Å². The Balaban J connectivity index is 1.95. The number of nitro groups is 1. The number of allylic oxidation sites excluding steroid dienone is 3. The van der Waals surface area contributed by atoms with Gasteiger partial charge in [0.05, 0.1) is 37.0 Å². The van der Waals surface area contributed by atoms with Gasteiger partial charge in [-0.2, -0.15) is 4.39 Å². The normalized spacial score (nSPS) is 15.6. The first-order chi connectivity index (χ1) is 16.2. The van der Waals surface area contributed by atoms with E-state index >= 15 is 0 Å². The second-order valence-electron chi connectivity index (χ2n) is 7.58. The fourth-order valence-corrected chi connectivity index (χ4v) is 3.91. The molecule has 8 nitrogen and oxygen atoms in total. The molecule has 1 unspecified atom stereocenters. The summed E-state index contributed by atoms with van der Waals surface area (Å²) in [5.74, 6) is -4.47. The molecular formula is C24H24F2N2O6. The van der Waals surface area contributed by atoms with E-state index in [9.17, 15) is 23.7 Å². The van der Waals surface area contributed by atoms with E-state index in [0.29, 0.717) is 17.9 Å². The molecule has 0 radical (unpaired) electrons. The molecule has 1 aliphatic heterocycles. The van der Waals surface area contributed by atoms with Crippen molar-refractivity contribution in [1.82, 2.24) is 5.32 Å². The van der Waals surface area contributed by atoms with Crippen molar-refractivity contribution in [2.45, 2.75) is 26.2 Å². The first-order valence-corrected chi connectivity index (χ1v) is 10.3. The number of hydrogen-bond acceptors (Lipinski definition) is 7. The number of hydrogen-bond donors (Lipinski definition) is 1. The molecule has 0 aliphatic carbocycles. The van der Waals surface area contributed by atoms with E-state index in [0.717, 1.165) is 18.7 Å². The summed E-state index contributed by atoms with van der Waals surface area (Å²) in [7, 11) is 2.67. The summed E-state index contributed by atoms with van der Waals surface area (Å²) >= 11 is 0. The maximum absolute atomic E-state index is 14.5. The third kappa shape index (κ3) is 4.85. The summed E-state index contributed by atoms with van der Waals surface area (Å²) in [4.78, 5) is 24.4. The second-order valence-corrected chi connectivity index (χ2v) is 7.58. The smallest absolute Gasteiger partial charge is 0.337 e. The molecule has 1 heterocycles. The molecule has 180 valence electrons. The van der Waals surface area contributed by atoms with Gasteiger partial charge in [0.25, 0.3) is 5.70 Å². The number of nitrogens with one attached hydrogen (secondary N) is 1. The Kier molecular flexibility index (Phi) is 7.50. The Morgan fingerprint density at radius 2 is 1.74 bits per heavy atom. The van der Waals surface area contributed by atoms with E-state index in [1.165, 1.54) is 13.0 Å². The molecule has 0 bridgehead atoms. The molecule has 0 fully saturated rings. The molecule has 0 saturated heterocycles. The van der Waals surface area contributed by atoms with Crippen LogP contribution in [-0.2, 0) is 16.0 Å². The fraction of sp³-hybridized carbons (Fsp3) is 0.292. The minimum Gasteiger partial charge on any atom is -0.497 e. The highest BCUT2D eigenvalue weighted by molar-refractivity contribution is 5.92. The van der Waals surface area contributed by atoms with E-state index in [1.807, 2.05) is 12.1 Å². The van der Waals surface area contributed by atoms with Crippen LogP contribution in [0.1, 0.15) is 30.9 Å². The molecule has 1 atom stereocenters. The van der Waals surface area contributed by atoms with Crippen LogP contribution in [0.4, 0.5) is 8.78 Å². The van der Waals surface area contributed by atoms with Crippen molar-refractivity contribution in [3.05, 3.63) is 91.9 Å². The molecule has 0 aromatic heterocycles. The van der Waals surface area contributed by atoms with Crippen molar-refractivity contribution in [3.63, 3.8) is 0 Å². The number of ether oxygens (including phenoxy) is 3. The van der Waals surface area contributed by atoms with Crippen LogP contribution in [0.15, 0.2) is 59.1 Å². The molecule has 2 aromatic rings. The molecule has 1 N–H and O–H groups in total. The van der Waals surface area contributed by atoms with Gasteiger partial charge in [-0.05, 0) is 37.6 Å². The van der Waals surface area contributed by atoms with Crippen LogP contribution in [0, 0.1) is 21.7 Å². The summed E-state index contributed by atoms with van der Waals surface area (Å²) < 4.78 is 43.9. The van der Waals surface area contributed by atoms with Gasteiger partial charge in [0.2, 0.25) is 5.82 Å². The Morgan fingerprint density at radius 1 is 1.06 bits per heavy atom. The minimum atomic E-state index is -1.34. The van der Waals surface area contributed by atoms with Crippen molar-refractivity contribution in [2.75, 3.05) is 20.8 Å². The number of benzene rings is 2. The molecular weight excluding hydrogens is 450 g/mol. The van der Waals surface area contributed by atoms with Crippen molar-refractivity contribution in [3.8, 4) is 11.5 Å². The lowest BCUT2D eigenvalue weighted by Gasteiger charge is -2.27. The number of halogens is 2. The number of carbonyl (C=O) groups is 1. The topological polar surface area (TPSA) is 99.9 Å². The summed E-state index contributed by atoms with van der Waals surface area (Å²) in [5, 5.41) is 14.8. The first-order valence-electron chi connectivity index (χ1n) is 10.3. The highest BCUT2D eigenvalue weighted by Crippen LogP contribution is 2.43. The molecule has 0 amide bonds. The predicted molar refractivity (Wildman–Crippen MR) is 119 cm³/mol. The lowest BCUT2D eigenvalue weighted by molar-refractivity contribution is -0.431. The van der Waals surface area contributed by atoms with E-state index in [-0.39, 0.29) is 23.4 Å². The van der Waals surface area contributed by atoms with Crippen molar-refractivity contribution in [2.24, 2.45) is 0 Å². The van der Waals surface area contributed by atoms with Gasteiger partial charge in [0.15, 0.2) is 11.6 Å². The monoisotopic (exact) mass is 474 g/mol. The maximum Gasteiger partial charge on any atom is 0.337 e. The lowest BCUT2D eigenvalue weighted by atomic mass is 9.83. The summed E-state index contributed by atoms with van der Waals surface area (Å²) in [6, 6.07) is 9.21. The standard InChI is InChI=1S/C24H24F2N2O6/c1-13-19(24(29)34-12-11-15-5-7-16(32-3)8-6-15)20(22(28(30)31)14(2)27-13)17-9-10-18(25)21(26)23(17)33-4/h5-10,20,27H,11-12H2,1-4H3. The van der Waals surface area contributed by atoms with Crippen molar-refractivity contribution in [1.29, 1.82) is 0 Å². The number of carbonyl (C=O) groups excluding carboxylic acids is 1. The number of nitrogens with zero attached hydrogens (tertiary/aromatic N) is 1. The summed E-state index contributed by atoms with van der Waals surface area (Å²) in [6.45, 7) is 3.02. The van der Waals surface area contributed by atoms with Crippen LogP contribution in [0.25, 0.3) is 0 Å². The molecule has 0 saturated carbocycles. The Hall–Kier alpha value is -3.95. The Morgan fingerprint density at radius 3 is 2.32 bits per heavy atom. The molecule has 10 heteroatoms. The van der Waals surface area contributed by atoms with Crippen molar-refractivity contribution >= 4 is 5.97 Å². The van der Waals surface area contributed by atoms with Gasteiger partial charge in [-0.1, -0.05) is 18.2 Å². The van der Waals surface area contributed by atoms with Crippen LogP contribution in [0.5, 0.6) is 11.5 Å². The molecule has 0 spiro atoms. The number of rotatable bonds is 8. The predicted octanol–water partition coefficient (Wildman–Crippen LogP) is 4.24. The van der Waals surface area contributed by atoms with E-state index in [2.05, 4.69) is 5.32 Å². The highest BCUT2D eigenvalue weighted by Gasteiger charge is 2.43. The highest BCUT2D eigenvalue weighted by atomic mass is 19.2. The van der Waals surface area contributed by atoms with Crippen LogP contribution >= 0.6 is 0 Å². The van der Waals surface area contributed by atoms with Crippen LogP contribution in [0.2, 0.25) is 0 Å². The average Bonchev–Trinajstić information content (AvgIpc) is 2.80. The number of dihydropyridines is 1. The summed E-state index contributed by atoms with van der Waals surface area (Å²) in [6.07, 6.45) is 0.394. The zero-order valence-electron chi connectivity index (χ0n) is 19.1. The average molecular weight is 474 g/mol. The fourth-order valence-electron chi connectivity index (χ4n) is 3.91. The molecule has 3 rings (SSSR count). The van der Waals surface area contributed by atoms with Gasteiger partial charge < -0.3 is 19.5 Å². The molecule has 34 heavy (non-hydrogen) atoms. The van der Waals surface area contributed by atoms with E-state index < -0.39 is 39.9 Å². The minimum absolute atomic E-state index is 0.0000695. The van der Waals surface area contributed by atoms with Crippen LogP contribution in [0.3, 0.4) is 0 Å². The number of methoxy groups -OCH3 is 2. The van der Waals surface area contributed by atoms with Gasteiger partial charge in [0.1, 0.15) is 11.7 Å². The summed E-state index contributed by atoms with van der Waals surface area (Å²) in [5.41, 5.74) is 0.814. The quantitative estimate of drug-likeness (QED) is 0.347. The third-order valence-corrected chi connectivity index (χ3v) is 5.52. The van der Waals surface area contributed by atoms with Gasteiger partial charge in [0, 0.05) is 17.7 Å². The largest absolute Gasteiger partial charge is 0.497 e. The lowest BCUT2D eigenvalue weighted by Crippen LogP contribution is -2.32. The molecule has 1 aliphatic rings. The van der Waals surface area contributed by atoms with Crippen LogP contribution in [-0.4, -0.2) is 31.7 Å². The SMILES string of the molecule is COc1ccc(CCOC(=O)C2=C(C)NC(C)=C([N+](=O)[O-])C2c2ccc(F)c(F)c2OC)cc1. The Labute approximate surface area is 195 Å². The van der Waals surface area contributed by atoms with E-state index in [1.54, 1.807) is 26.2 Å². The van der Waals surface area contributed by atoms with Crippen molar-refractivity contribution < 1.29 is 32.7 Å². The van der Waals surface area contributed by atoms with Gasteiger partial charge in [-0.3, -0.25) is 10.1 Å². The zero-order valence-corrected chi connectivity index (χ0v) is 19.1. The maximum atomic E-state index is 14.5.